The van der Waals surface area contributed by atoms with Crippen molar-refractivity contribution in [2.45, 2.75) is 0 Å². The van der Waals surface area contributed by atoms with Gasteiger partial charge in [0.05, 0.1) is 11.3 Å². The molecule has 172 valence electrons. The topological polar surface area (TPSA) is 135 Å². The van der Waals surface area contributed by atoms with Gasteiger partial charge in [-0.05, 0) is 24.3 Å². The summed E-state index contributed by atoms with van der Waals surface area (Å²) in [6.07, 6.45) is 1.39. The average molecular weight is 481 g/mol. The Kier molecular flexibility index (Phi) is 5.88. The number of carbonyl (C=O) groups is 1. The van der Waals surface area contributed by atoms with Crippen LogP contribution in [0.2, 0.25) is 5.02 Å². The van der Waals surface area contributed by atoms with Crippen molar-refractivity contribution in [3.05, 3.63) is 53.4 Å². The molecule has 0 saturated carbocycles. The van der Waals surface area contributed by atoms with Gasteiger partial charge >= 0.3 is 6.08 Å². The van der Waals surface area contributed by atoms with Crippen LogP contribution in [0.4, 0.5) is 5.88 Å². The van der Waals surface area contributed by atoms with E-state index in [1.165, 1.54) is 6.26 Å². The molecular weight excluding hydrogens is 464 g/mol. The van der Waals surface area contributed by atoms with Gasteiger partial charge in [-0.1, -0.05) is 28.9 Å². The predicted molar refractivity (Wildman–Crippen MR) is 118 cm³/mol. The number of rotatable bonds is 6. The van der Waals surface area contributed by atoms with Crippen LogP contribution in [0.25, 0.3) is 23.0 Å². The van der Waals surface area contributed by atoms with E-state index in [0.29, 0.717) is 48.4 Å². The smallest absolute Gasteiger partial charge is 0.418 e. The number of halogens is 1. The number of hydrogen-bond donors (Lipinski definition) is 0. The lowest BCUT2D eigenvalue weighted by Crippen LogP contribution is -2.50. The quantitative estimate of drug-likeness (QED) is 0.404. The highest BCUT2D eigenvalue weighted by Gasteiger charge is 2.27. The van der Waals surface area contributed by atoms with Crippen molar-refractivity contribution in [1.29, 1.82) is 5.26 Å². The summed E-state index contributed by atoms with van der Waals surface area (Å²) in [4.78, 5) is 24.5. The number of nitrogens with zero attached hydrogens (tertiary/aromatic N) is 6. The van der Waals surface area contributed by atoms with Gasteiger partial charge in [0.1, 0.15) is 6.07 Å². The molecule has 11 nitrogen and oxygen atoms in total. The van der Waals surface area contributed by atoms with Gasteiger partial charge in [-0.15, -0.1) is 0 Å². The van der Waals surface area contributed by atoms with Gasteiger partial charge in [-0.2, -0.15) is 15.2 Å². The number of aromatic nitrogens is 3. The highest BCUT2D eigenvalue weighted by molar-refractivity contribution is 6.33. The molecule has 0 atom stereocenters. The average Bonchev–Trinajstić information content (AvgIpc) is 3.63. The summed E-state index contributed by atoms with van der Waals surface area (Å²) in [7, 11) is 0. The first-order chi connectivity index (χ1) is 16.6. The normalized spacial score (nSPS) is 13.6. The molecule has 0 N–H and O–H groups in total. The number of anilines is 1. The van der Waals surface area contributed by atoms with Crippen LogP contribution in [0.5, 0.6) is 6.08 Å². The second-order valence-corrected chi connectivity index (χ2v) is 7.69. The molecule has 1 fully saturated rings. The Bertz CT molecular complexity index is 1330. The van der Waals surface area contributed by atoms with Crippen LogP contribution in [0.1, 0.15) is 5.69 Å². The van der Waals surface area contributed by atoms with Crippen molar-refractivity contribution in [2.24, 2.45) is 0 Å². The van der Waals surface area contributed by atoms with E-state index in [-0.39, 0.29) is 36.0 Å². The van der Waals surface area contributed by atoms with Gasteiger partial charge in [-0.3, -0.25) is 9.32 Å². The fourth-order valence-corrected chi connectivity index (χ4v) is 3.72. The van der Waals surface area contributed by atoms with Gasteiger partial charge in [0, 0.05) is 31.7 Å². The molecule has 0 unspecified atom stereocenters. The maximum Gasteiger partial charge on any atom is 0.418 e. The highest BCUT2D eigenvalue weighted by Crippen LogP contribution is 2.29. The van der Waals surface area contributed by atoms with Crippen LogP contribution in [0.15, 0.2) is 56.0 Å². The third-order valence-corrected chi connectivity index (χ3v) is 5.54. The highest BCUT2D eigenvalue weighted by atomic mass is 35.5. The van der Waals surface area contributed by atoms with Crippen LogP contribution in [-0.4, -0.2) is 58.7 Å². The molecule has 1 aromatic carbocycles. The summed E-state index contributed by atoms with van der Waals surface area (Å²) in [5, 5.41) is 13.7. The third-order valence-electron chi connectivity index (χ3n) is 5.21. The van der Waals surface area contributed by atoms with E-state index >= 15 is 0 Å². The lowest BCUT2D eigenvalue weighted by Gasteiger charge is -2.34. The third kappa shape index (κ3) is 4.31. The van der Waals surface area contributed by atoms with Crippen LogP contribution in [-0.2, 0) is 4.79 Å². The zero-order valence-corrected chi connectivity index (χ0v) is 18.4. The zero-order valence-electron chi connectivity index (χ0n) is 17.7. The molecule has 0 spiro atoms. The summed E-state index contributed by atoms with van der Waals surface area (Å²) in [5.41, 5.74) is 0.768. The number of oxazole rings is 1. The Hall–Kier alpha value is -4.30. The Morgan fingerprint density at radius 2 is 1.97 bits per heavy atom. The first kappa shape index (κ1) is 21.5. The number of benzene rings is 1. The van der Waals surface area contributed by atoms with Crippen molar-refractivity contribution in [3.8, 4) is 35.2 Å². The molecule has 1 amide bonds. The molecule has 1 aliphatic heterocycles. The number of piperazine rings is 1. The fraction of sp³-hybridized carbons (Fsp3) is 0.227. The number of ether oxygens (including phenoxy) is 1. The summed E-state index contributed by atoms with van der Waals surface area (Å²) < 4.78 is 21.5. The van der Waals surface area contributed by atoms with Crippen LogP contribution in [0.3, 0.4) is 0 Å². The molecule has 34 heavy (non-hydrogen) atoms. The van der Waals surface area contributed by atoms with E-state index in [1.54, 1.807) is 41.3 Å². The number of amides is 1. The summed E-state index contributed by atoms with van der Waals surface area (Å²) in [5.74, 6) is 1.07. The molecule has 3 aromatic heterocycles. The van der Waals surface area contributed by atoms with Gasteiger partial charge < -0.3 is 23.4 Å². The molecule has 12 heteroatoms. The minimum Gasteiger partial charge on any atom is -0.459 e. The van der Waals surface area contributed by atoms with Crippen molar-refractivity contribution < 1.29 is 22.9 Å². The van der Waals surface area contributed by atoms with Crippen LogP contribution < -0.4 is 9.64 Å². The second-order valence-electron chi connectivity index (χ2n) is 7.28. The van der Waals surface area contributed by atoms with Crippen molar-refractivity contribution in [1.82, 2.24) is 20.0 Å². The molecule has 1 aliphatic rings. The standard InChI is InChI=1S/C22H17ClN6O5/c23-15-5-2-1-4-14(15)19-26-22(34-27-19)32-13-18(30)28-7-9-29(10-8-28)21-16(12-24)25-20(33-21)17-6-3-11-31-17/h1-6,11H,7-10,13H2. The maximum absolute atomic E-state index is 12.6. The van der Waals surface area contributed by atoms with Crippen molar-refractivity contribution in [2.75, 3.05) is 37.7 Å². The molecule has 0 bridgehead atoms. The molecule has 0 aliphatic carbocycles. The van der Waals surface area contributed by atoms with E-state index in [2.05, 4.69) is 15.1 Å². The monoisotopic (exact) mass is 480 g/mol. The Balaban J connectivity index is 1.17. The largest absolute Gasteiger partial charge is 0.459 e. The van der Waals surface area contributed by atoms with Crippen LogP contribution >= 0.6 is 11.6 Å². The lowest BCUT2D eigenvalue weighted by molar-refractivity contribution is -0.134. The lowest BCUT2D eigenvalue weighted by atomic mass is 10.2. The van der Waals surface area contributed by atoms with Gasteiger partial charge in [-0.25, -0.2) is 0 Å². The van der Waals surface area contributed by atoms with Gasteiger partial charge in [0.25, 0.3) is 11.8 Å². The van der Waals surface area contributed by atoms with Crippen molar-refractivity contribution in [3.63, 3.8) is 0 Å². The van der Waals surface area contributed by atoms with E-state index in [9.17, 15) is 10.1 Å². The molecular formula is C22H17ClN6O5. The molecule has 0 radical (unpaired) electrons. The summed E-state index contributed by atoms with van der Waals surface area (Å²) in [6.45, 7) is 1.50. The number of nitriles is 1. The number of carbonyl (C=O) groups excluding carboxylic acids is 1. The van der Waals surface area contributed by atoms with E-state index < -0.39 is 0 Å². The van der Waals surface area contributed by atoms with E-state index in [4.69, 9.17) is 29.7 Å². The van der Waals surface area contributed by atoms with Crippen LogP contribution in [0, 0.1) is 11.3 Å². The Morgan fingerprint density at radius 1 is 1.15 bits per heavy atom. The number of furan rings is 1. The molecule has 4 heterocycles. The van der Waals surface area contributed by atoms with Gasteiger partial charge in [0.15, 0.2) is 12.4 Å². The zero-order chi connectivity index (χ0) is 23.5. The van der Waals surface area contributed by atoms with Gasteiger partial charge in [0.2, 0.25) is 17.4 Å². The SMILES string of the molecule is N#Cc1nc(-c2ccco2)oc1N1CCN(C(=O)COc2nc(-c3ccccc3Cl)no2)CC1. The molecule has 4 aromatic rings. The predicted octanol–water partition coefficient (Wildman–Crippen LogP) is 3.24. The summed E-state index contributed by atoms with van der Waals surface area (Å²) in [6, 6.07) is 12.5. The van der Waals surface area contributed by atoms with Crippen molar-refractivity contribution >= 4 is 23.4 Å². The first-order valence-electron chi connectivity index (χ1n) is 10.3. The minimum atomic E-state index is -0.251. The first-order valence-corrected chi connectivity index (χ1v) is 10.7. The Morgan fingerprint density at radius 3 is 2.71 bits per heavy atom. The number of hydrogen-bond acceptors (Lipinski definition) is 10. The second kappa shape index (κ2) is 9.29. The van der Waals surface area contributed by atoms with E-state index in [1.807, 2.05) is 11.0 Å². The molecule has 5 rings (SSSR count). The Labute approximate surface area is 198 Å². The summed E-state index contributed by atoms with van der Waals surface area (Å²) >= 11 is 6.14. The minimum absolute atomic E-state index is 0.118. The van der Waals surface area contributed by atoms with E-state index in [0.717, 1.165) is 0 Å². The fourth-order valence-electron chi connectivity index (χ4n) is 3.50. The molecule has 1 saturated heterocycles. The maximum atomic E-state index is 12.6.